The third-order valence-electron chi connectivity index (χ3n) is 2.31. The zero-order valence-corrected chi connectivity index (χ0v) is 11.0. The molecule has 1 heterocycles. The lowest BCUT2D eigenvalue weighted by molar-refractivity contribution is -0.144. The first-order valence-corrected chi connectivity index (χ1v) is 6.69. The monoisotopic (exact) mass is 244 g/mol. The second-order valence-corrected chi connectivity index (χ2v) is 5.08. The second kappa shape index (κ2) is 6.78. The van der Waals surface area contributed by atoms with Gasteiger partial charge in [-0.1, -0.05) is 25.1 Å². The predicted octanol–water partition coefficient (Wildman–Crippen LogP) is 1.80. The van der Waals surface area contributed by atoms with Gasteiger partial charge >= 0.3 is 5.97 Å². The Labute approximate surface area is 101 Å². The molecule has 0 fully saturated rings. The Bertz CT molecular complexity index is 269. The van der Waals surface area contributed by atoms with Crippen molar-refractivity contribution in [1.82, 2.24) is 5.32 Å². The predicted molar refractivity (Wildman–Crippen MR) is 67.8 cm³/mol. The van der Waals surface area contributed by atoms with Crippen LogP contribution in [0.25, 0.3) is 0 Å². The number of hydrogen-bond acceptors (Lipinski definition) is 5. The summed E-state index contributed by atoms with van der Waals surface area (Å²) in [5.41, 5.74) is 0. The summed E-state index contributed by atoms with van der Waals surface area (Å²) in [6.45, 7) is 7.06. The van der Waals surface area contributed by atoms with Crippen LogP contribution < -0.4 is 5.32 Å². The smallest absolute Gasteiger partial charge is 0.328 e. The highest BCUT2D eigenvalue weighted by atomic mass is 32.2. The number of nitrogens with zero attached hydrogens (tertiary/aromatic N) is 1. The quantitative estimate of drug-likeness (QED) is 0.749. The minimum absolute atomic E-state index is 0.218. The normalized spacial score (nSPS) is 21.4. The zero-order valence-electron chi connectivity index (χ0n) is 10.2. The van der Waals surface area contributed by atoms with Gasteiger partial charge in [0.2, 0.25) is 0 Å². The van der Waals surface area contributed by atoms with Gasteiger partial charge in [-0.15, -0.1) is 0 Å². The third kappa shape index (κ3) is 4.04. The molecule has 16 heavy (non-hydrogen) atoms. The molecule has 0 aromatic rings. The molecule has 0 aromatic heterocycles. The molecule has 1 N–H and O–H groups in total. The first kappa shape index (κ1) is 13.4. The van der Waals surface area contributed by atoms with Gasteiger partial charge in [-0.25, -0.2) is 4.79 Å². The van der Waals surface area contributed by atoms with Crippen molar-refractivity contribution in [1.29, 1.82) is 0 Å². The van der Waals surface area contributed by atoms with E-state index in [-0.39, 0.29) is 12.0 Å². The van der Waals surface area contributed by atoms with E-state index in [1.807, 2.05) is 6.92 Å². The van der Waals surface area contributed by atoms with Crippen LogP contribution in [0.3, 0.4) is 0 Å². The lowest BCUT2D eigenvalue weighted by atomic mass is 10.2. The molecule has 1 aliphatic heterocycles. The molecule has 5 heteroatoms. The van der Waals surface area contributed by atoms with E-state index in [1.54, 1.807) is 18.7 Å². The van der Waals surface area contributed by atoms with Gasteiger partial charge in [0.05, 0.1) is 13.2 Å². The van der Waals surface area contributed by atoms with Crippen molar-refractivity contribution < 1.29 is 9.53 Å². The van der Waals surface area contributed by atoms with E-state index >= 15 is 0 Å². The van der Waals surface area contributed by atoms with Crippen molar-refractivity contribution in [2.45, 2.75) is 44.9 Å². The number of nitrogens with one attached hydrogen (secondary N) is 1. The summed E-state index contributed by atoms with van der Waals surface area (Å²) >= 11 is 1.73. The Hall–Kier alpha value is -0.710. The van der Waals surface area contributed by atoms with Crippen molar-refractivity contribution in [3.63, 3.8) is 0 Å². The van der Waals surface area contributed by atoms with E-state index in [1.165, 1.54) is 12.8 Å². The summed E-state index contributed by atoms with van der Waals surface area (Å²) in [4.78, 5) is 15.8. The molecule has 0 radical (unpaired) electrons. The van der Waals surface area contributed by atoms with E-state index in [0.29, 0.717) is 11.9 Å². The lowest BCUT2D eigenvalue weighted by Gasteiger charge is -2.13. The van der Waals surface area contributed by atoms with Crippen LogP contribution >= 0.6 is 11.8 Å². The summed E-state index contributed by atoms with van der Waals surface area (Å²) in [7, 11) is 0. The minimum Gasteiger partial charge on any atom is -0.464 e. The third-order valence-corrected chi connectivity index (χ3v) is 3.50. The van der Waals surface area contributed by atoms with Crippen molar-refractivity contribution in [2.75, 3.05) is 13.2 Å². The Morgan fingerprint density at radius 2 is 2.44 bits per heavy atom. The average molecular weight is 244 g/mol. The van der Waals surface area contributed by atoms with Gasteiger partial charge in [0.25, 0.3) is 0 Å². The van der Waals surface area contributed by atoms with Crippen LogP contribution in [-0.4, -0.2) is 35.6 Å². The number of amidine groups is 1. The highest BCUT2D eigenvalue weighted by molar-refractivity contribution is 8.14. The Morgan fingerprint density at radius 3 is 3.06 bits per heavy atom. The van der Waals surface area contributed by atoms with Gasteiger partial charge < -0.3 is 10.1 Å². The van der Waals surface area contributed by atoms with Crippen molar-refractivity contribution in [3.8, 4) is 0 Å². The number of hydrogen-bond donors (Lipinski definition) is 1. The Balaban J connectivity index is 2.30. The van der Waals surface area contributed by atoms with E-state index in [2.05, 4.69) is 17.2 Å². The fourth-order valence-electron chi connectivity index (χ4n) is 1.48. The molecule has 92 valence electrons. The second-order valence-electron chi connectivity index (χ2n) is 3.79. The van der Waals surface area contributed by atoms with Gasteiger partial charge in [0, 0.05) is 5.25 Å². The zero-order chi connectivity index (χ0) is 12.0. The summed E-state index contributed by atoms with van der Waals surface area (Å²) in [6.07, 6.45) is 2.35. The molecule has 1 rings (SSSR count). The first-order chi connectivity index (χ1) is 7.67. The number of aliphatic imine (C=N–C) groups is 1. The fourth-order valence-corrected chi connectivity index (χ4v) is 2.69. The van der Waals surface area contributed by atoms with Crippen molar-refractivity contribution in [2.24, 2.45) is 4.99 Å². The number of rotatable bonds is 5. The molecule has 0 amide bonds. The van der Waals surface area contributed by atoms with Gasteiger partial charge in [0.15, 0.2) is 5.17 Å². The molecule has 0 aromatic carbocycles. The standard InChI is InChI=1S/C11H20N2O2S/c1-4-6-9-7-12-11(16-9)13-8(3)10(14)15-5-2/h8-9H,4-7H2,1-3H3,(H,12,13). The van der Waals surface area contributed by atoms with Crippen LogP contribution in [0.2, 0.25) is 0 Å². The van der Waals surface area contributed by atoms with Gasteiger partial charge in [-0.2, -0.15) is 0 Å². The van der Waals surface area contributed by atoms with Crippen LogP contribution in [0.15, 0.2) is 4.99 Å². The molecule has 0 saturated heterocycles. The van der Waals surface area contributed by atoms with Crippen LogP contribution in [0.4, 0.5) is 0 Å². The van der Waals surface area contributed by atoms with Crippen LogP contribution in [0.1, 0.15) is 33.6 Å². The molecular formula is C11H20N2O2S. The highest BCUT2D eigenvalue weighted by Crippen LogP contribution is 2.23. The average Bonchev–Trinajstić information content (AvgIpc) is 2.66. The minimum atomic E-state index is -0.313. The van der Waals surface area contributed by atoms with Crippen LogP contribution in [-0.2, 0) is 9.53 Å². The first-order valence-electron chi connectivity index (χ1n) is 5.81. The molecule has 4 nitrogen and oxygen atoms in total. The molecule has 2 unspecified atom stereocenters. The van der Waals surface area contributed by atoms with Crippen molar-refractivity contribution >= 4 is 22.9 Å². The summed E-state index contributed by atoms with van der Waals surface area (Å²) in [5, 5.41) is 4.54. The fraction of sp³-hybridized carbons (Fsp3) is 0.818. The van der Waals surface area contributed by atoms with Gasteiger partial charge in [0.1, 0.15) is 6.04 Å². The maximum atomic E-state index is 11.4. The Morgan fingerprint density at radius 1 is 1.69 bits per heavy atom. The maximum absolute atomic E-state index is 11.4. The molecule has 2 atom stereocenters. The summed E-state index contributed by atoms with van der Waals surface area (Å²) in [6, 6.07) is -0.313. The topological polar surface area (TPSA) is 50.7 Å². The van der Waals surface area contributed by atoms with Crippen LogP contribution in [0, 0.1) is 0 Å². The largest absolute Gasteiger partial charge is 0.464 e. The SMILES string of the molecule is CCCC1CN=C(NC(C)C(=O)OCC)S1. The maximum Gasteiger partial charge on any atom is 0.328 e. The number of ether oxygens (including phenoxy) is 1. The molecular weight excluding hydrogens is 224 g/mol. The summed E-state index contributed by atoms with van der Waals surface area (Å²) in [5.74, 6) is -0.218. The number of esters is 1. The van der Waals surface area contributed by atoms with Gasteiger partial charge in [-0.05, 0) is 20.3 Å². The van der Waals surface area contributed by atoms with E-state index in [0.717, 1.165) is 11.7 Å². The molecule has 1 aliphatic rings. The molecule has 0 aliphatic carbocycles. The summed E-state index contributed by atoms with van der Waals surface area (Å²) < 4.78 is 4.92. The molecule has 0 bridgehead atoms. The molecule has 0 saturated carbocycles. The number of thioether (sulfide) groups is 1. The van der Waals surface area contributed by atoms with Crippen LogP contribution in [0.5, 0.6) is 0 Å². The molecule has 0 spiro atoms. The van der Waals surface area contributed by atoms with Crippen molar-refractivity contribution in [3.05, 3.63) is 0 Å². The van der Waals surface area contributed by atoms with E-state index < -0.39 is 0 Å². The van der Waals surface area contributed by atoms with E-state index in [9.17, 15) is 4.79 Å². The lowest BCUT2D eigenvalue weighted by Crippen LogP contribution is -2.37. The highest BCUT2D eigenvalue weighted by Gasteiger charge is 2.22. The van der Waals surface area contributed by atoms with Gasteiger partial charge in [-0.3, -0.25) is 4.99 Å². The number of carbonyl (C=O) groups excluding carboxylic acids is 1. The van der Waals surface area contributed by atoms with E-state index in [4.69, 9.17) is 4.74 Å². The number of carbonyl (C=O) groups is 1. The Kier molecular flexibility index (Phi) is 5.66.